The van der Waals surface area contributed by atoms with Crippen molar-refractivity contribution in [2.45, 2.75) is 36.6 Å². The predicted molar refractivity (Wildman–Crippen MR) is 88.9 cm³/mol. The molecule has 0 aromatic heterocycles. The number of nitrogens with zero attached hydrogens (tertiary/aromatic N) is 1. The first-order valence-corrected chi connectivity index (χ1v) is 9.21. The van der Waals surface area contributed by atoms with E-state index in [-0.39, 0.29) is 5.82 Å². The van der Waals surface area contributed by atoms with E-state index in [1.807, 2.05) is 19.1 Å². The second-order valence-corrected chi connectivity index (χ2v) is 7.69. The number of benzene rings is 1. The molecule has 3 unspecified atom stereocenters. The van der Waals surface area contributed by atoms with E-state index in [4.69, 9.17) is 0 Å². The highest BCUT2D eigenvalue weighted by Gasteiger charge is 2.44. The second kappa shape index (κ2) is 6.94. The van der Waals surface area contributed by atoms with E-state index in [2.05, 4.69) is 15.5 Å². The Kier molecular flexibility index (Phi) is 5.13. The summed E-state index contributed by atoms with van der Waals surface area (Å²) in [7, 11) is 0. The lowest BCUT2D eigenvalue weighted by atomic mass is 9.88. The number of piperidine rings is 1. The van der Waals surface area contributed by atoms with Gasteiger partial charge in [-0.05, 0) is 43.4 Å². The summed E-state index contributed by atoms with van der Waals surface area (Å²) >= 11 is -1.92. The lowest BCUT2D eigenvalue weighted by Crippen LogP contribution is -2.61. The summed E-state index contributed by atoms with van der Waals surface area (Å²) < 4.78 is 34.8. The zero-order chi connectivity index (χ0) is 16.4. The minimum atomic E-state index is -1.92. The van der Waals surface area contributed by atoms with Crippen LogP contribution in [0.2, 0.25) is 0 Å². The molecule has 3 rings (SSSR count). The maximum Gasteiger partial charge on any atom is 0.172 e. The van der Waals surface area contributed by atoms with E-state index in [9.17, 15) is 13.2 Å². The summed E-state index contributed by atoms with van der Waals surface area (Å²) in [6, 6.07) is 6.70. The normalized spacial score (nSPS) is 29.5. The van der Waals surface area contributed by atoms with Gasteiger partial charge in [-0.15, -0.1) is 0 Å². The fraction of sp³-hybridized carbons (Fsp3) is 0.625. The molecular formula is C16H24FN3O2S. The highest BCUT2D eigenvalue weighted by atomic mass is 32.2. The molecule has 2 saturated heterocycles. The minimum absolute atomic E-state index is 0.213. The SMILES string of the molecule is CC1(C(N2CCC(c3ccc(F)cc3)CC2)S(=O)O)CNCN1. The Labute approximate surface area is 138 Å². The lowest BCUT2D eigenvalue weighted by Gasteiger charge is -2.42. The van der Waals surface area contributed by atoms with Crippen LogP contribution in [0.1, 0.15) is 31.2 Å². The minimum Gasteiger partial charge on any atom is -0.305 e. The van der Waals surface area contributed by atoms with Crippen LogP contribution in [0.4, 0.5) is 4.39 Å². The van der Waals surface area contributed by atoms with Gasteiger partial charge in [0.05, 0.1) is 5.54 Å². The van der Waals surface area contributed by atoms with Crippen LogP contribution in [0, 0.1) is 5.82 Å². The number of rotatable bonds is 4. The third kappa shape index (κ3) is 3.64. The van der Waals surface area contributed by atoms with Crippen molar-refractivity contribution in [2.75, 3.05) is 26.3 Å². The number of hydrogen-bond acceptors (Lipinski definition) is 4. The molecular weight excluding hydrogens is 317 g/mol. The molecule has 1 aromatic rings. The molecule has 1 aromatic carbocycles. The van der Waals surface area contributed by atoms with Crippen molar-refractivity contribution in [3.63, 3.8) is 0 Å². The van der Waals surface area contributed by atoms with Crippen molar-refractivity contribution in [2.24, 2.45) is 0 Å². The van der Waals surface area contributed by atoms with Crippen LogP contribution in [-0.4, -0.2) is 50.9 Å². The molecule has 2 aliphatic rings. The van der Waals surface area contributed by atoms with Gasteiger partial charge < -0.3 is 9.87 Å². The van der Waals surface area contributed by atoms with E-state index < -0.39 is 22.0 Å². The monoisotopic (exact) mass is 341 g/mol. The first-order valence-electron chi connectivity index (χ1n) is 8.04. The smallest absolute Gasteiger partial charge is 0.172 e. The Balaban J connectivity index is 1.67. The Bertz CT molecular complexity index is 555. The molecule has 0 amide bonds. The predicted octanol–water partition coefficient (Wildman–Crippen LogP) is 1.46. The molecule has 128 valence electrons. The Morgan fingerprint density at radius 3 is 2.52 bits per heavy atom. The van der Waals surface area contributed by atoms with Gasteiger partial charge in [-0.1, -0.05) is 12.1 Å². The van der Waals surface area contributed by atoms with Crippen molar-refractivity contribution in [1.82, 2.24) is 15.5 Å². The average molecular weight is 341 g/mol. The van der Waals surface area contributed by atoms with Gasteiger partial charge in [0.15, 0.2) is 11.1 Å². The van der Waals surface area contributed by atoms with Crippen molar-refractivity contribution < 1.29 is 13.2 Å². The Hall–Kier alpha value is -0.860. The number of halogens is 1. The molecule has 2 aliphatic heterocycles. The van der Waals surface area contributed by atoms with Gasteiger partial charge in [0, 0.05) is 26.3 Å². The van der Waals surface area contributed by atoms with Crippen LogP contribution in [0.15, 0.2) is 24.3 Å². The summed E-state index contributed by atoms with van der Waals surface area (Å²) in [6.07, 6.45) is 1.84. The molecule has 2 heterocycles. The van der Waals surface area contributed by atoms with Crippen molar-refractivity contribution in [1.29, 1.82) is 0 Å². The topological polar surface area (TPSA) is 64.6 Å². The molecule has 0 radical (unpaired) electrons. The molecule has 2 fully saturated rings. The van der Waals surface area contributed by atoms with E-state index in [0.717, 1.165) is 31.5 Å². The third-order valence-electron chi connectivity index (χ3n) is 5.05. The van der Waals surface area contributed by atoms with Gasteiger partial charge >= 0.3 is 0 Å². The molecule has 0 spiro atoms. The summed E-state index contributed by atoms with van der Waals surface area (Å²) in [5.74, 6) is 0.178. The van der Waals surface area contributed by atoms with Gasteiger partial charge in [-0.25, -0.2) is 8.60 Å². The molecule has 3 N–H and O–H groups in total. The van der Waals surface area contributed by atoms with Crippen LogP contribution >= 0.6 is 0 Å². The highest BCUT2D eigenvalue weighted by Crippen LogP contribution is 2.31. The third-order valence-corrected chi connectivity index (χ3v) is 6.25. The molecule has 3 atom stereocenters. The molecule has 0 saturated carbocycles. The fourth-order valence-corrected chi connectivity index (χ4v) is 4.86. The Morgan fingerprint density at radius 2 is 2.00 bits per heavy atom. The Morgan fingerprint density at radius 1 is 1.35 bits per heavy atom. The maximum atomic E-state index is 13.0. The number of likely N-dealkylation sites (tertiary alicyclic amines) is 1. The zero-order valence-corrected chi connectivity index (χ0v) is 14.1. The summed E-state index contributed by atoms with van der Waals surface area (Å²) in [5.41, 5.74) is 0.752. The quantitative estimate of drug-likeness (QED) is 0.724. The maximum absolute atomic E-state index is 13.0. The summed E-state index contributed by atoms with van der Waals surface area (Å²) in [6.45, 7) is 4.89. The molecule has 0 aliphatic carbocycles. The average Bonchev–Trinajstić information content (AvgIpc) is 2.96. The van der Waals surface area contributed by atoms with Gasteiger partial charge in [0.2, 0.25) is 0 Å². The molecule has 7 heteroatoms. The zero-order valence-electron chi connectivity index (χ0n) is 13.3. The van der Waals surface area contributed by atoms with Crippen LogP contribution in [0.25, 0.3) is 0 Å². The van der Waals surface area contributed by atoms with Crippen LogP contribution < -0.4 is 10.6 Å². The number of hydrogen-bond donors (Lipinski definition) is 3. The fourth-order valence-electron chi connectivity index (χ4n) is 3.78. The first kappa shape index (κ1) is 17.0. The second-order valence-electron chi connectivity index (χ2n) is 6.69. The van der Waals surface area contributed by atoms with Gasteiger partial charge in [-0.2, -0.15) is 0 Å². The van der Waals surface area contributed by atoms with Crippen molar-refractivity contribution in [3.8, 4) is 0 Å². The molecule has 23 heavy (non-hydrogen) atoms. The van der Waals surface area contributed by atoms with Crippen molar-refractivity contribution in [3.05, 3.63) is 35.6 Å². The molecule has 0 bridgehead atoms. The van der Waals surface area contributed by atoms with E-state index >= 15 is 0 Å². The van der Waals surface area contributed by atoms with Crippen LogP contribution in [0.5, 0.6) is 0 Å². The van der Waals surface area contributed by atoms with Crippen LogP contribution in [0.3, 0.4) is 0 Å². The largest absolute Gasteiger partial charge is 0.305 e. The van der Waals surface area contributed by atoms with E-state index in [1.54, 1.807) is 0 Å². The molecule has 5 nitrogen and oxygen atoms in total. The van der Waals surface area contributed by atoms with Crippen LogP contribution in [-0.2, 0) is 11.1 Å². The lowest BCUT2D eigenvalue weighted by molar-refractivity contribution is 0.139. The van der Waals surface area contributed by atoms with E-state index in [1.165, 1.54) is 12.1 Å². The summed E-state index contributed by atoms with van der Waals surface area (Å²) in [4.78, 5) is 2.12. The van der Waals surface area contributed by atoms with Gasteiger partial charge in [-0.3, -0.25) is 10.2 Å². The summed E-state index contributed by atoms with van der Waals surface area (Å²) in [5, 5.41) is 6.10. The van der Waals surface area contributed by atoms with E-state index in [0.29, 0.717) is 19.1 Å². The number of nitrogens with one attached hydrogen (secondary N) is 2. The van der Waals surface area contributed by atoms with Gasteiger partial charge in [0.1, 0.15) is 11.2 Å². The van der Waals surface area contributed by atoms with Crippen molar-refractivity contribution >= 4 is 11.1 Å². The first-order chi connectivity index (χ1) is 11.0. The standard InChI is InChI=1S/C16H24FN3O2S/c1-16(10-18-11-19-16)15(23(21)22)20-8-6-13(7-9-20)12-2-4-14(17)5-3-12/h2-5,13,15,18-19H,6-11H2,1H3,(H,21,22). The highest BCUT2D eigenvalue weighted by molar-refractivity contribution is 7.79. The van der Waals surface area contributed by atoms with Gasteiger partial charge in [0.25, 0.3) is 0 Å².